The first kappa shape index (κ1) is 24.0. The van der Waals surface area contributed by atoms with Gasteiger partial charge >= 0.3 is 0 Å². The number of nitrogens with zero attached hydrogens (tertiary/aromatic N) is 1. The van der Waals surface area contributed by atoms with Crippen molar-refractivity contribution in [3.05, 3.63) is 93.2 Å². The Morgan fingerprint density at radius 2 is 1.94 bits per heavy atom. The minimum Gasteiger partial charge on any atom is -0.490 e. The molecule has 0 radical (unpaired) electrons. The molecule has 168 valence electrons. The second kappa shape index (κ2) is 11.3. The quantitative estimate of drug-likeness (QED) is 0.281. The number of anilines is 1. The summed E-state index contributed by atoms with van der Waals surface area (Å²) in [4.78, 5) is 12.6. The van der Waals surface area contributed by atoms with Gasteiger partial charge in [0.25, 0.3) is 5.91 Å². The van der Waals surface area contributed by atoms with Crippen LogP contribution in [0.1, 0.15) is 23.6 Å². The summed E-state index contributed by atoms with van der Waals surface area (Å²) in [6.45, 7) is 4.28. The first-order valence-electron chi connectivity index (χ1n) is 10.2. The standard InChI is InChI=1S/C26H22BrFN2O3/c1-3-32-24-14-19(11-20(15-29)26(31)30-22-9-4-6-17(2)10-22)13-23(27)25(24)33-16-18-7-5-8-21(28)12-18/h4-14H,3,16H2,1-2H3,(H,30,31)/b20-11+. The van der Waals surface area contributed by atoms with E-state index in [2.05, 4.69) is 21.2 Å². The lowest BCUT2D eigenvalue weighted by atomic mass is 10.1. The third-order valence-corrected chi connectivity index (χ3v) is 5.14. The summed E-state index contributed by atoms with van der Waals surface area (Å²) in [7, 11) is 0. The molecule has 33 heavy (non-hydrogen) atoms. The van der Waals surface area contributed by atoms with Gasteiger partial charge in [0.05, 0.1) is 11.1 Å². The molecule has 3 rings (SSSR count). The average molecular weight is 509 g/mol. The lowest BCUT2D eigenvalue weighted by molar-refractivity contribution is -0.112. The van der Waals surface area contributed by atoms with E-state index in [1.54, 1.807) is 30.3 Å². The third kappa shape index (κ3) is 6.67. The molecule has 0 aliphatic heterocycles. The Bertz CT molecular complexity index is 1230. The van der Waals surface area contributed by atoms with Crippen molar-refractivity contribution in [2.75, 3.05) is 11.9 Å². The lowest BCUT2D eigenvalue weighted by Crippen LogP contribution is -2.13. The van der Waals surface area contributed by atoms with E-state index < -0.39 is 5.91 Å². The molecule has 0 aliphatic carbocycles. The molecule has 0 bridgehead atoms. The molecule has 0 spiro atoms. The Balaban J connectivity index is 1.85. The number of aryl methyl sites for hydroxylation is 1. The zero-order valence-corrected chi connectivity index (χ0v) is 19.8. The van der Waals surface area contributed by atoms with Gasteiger partial charge in [0.2, 0.25) is 0 Å². The summed E-state index contributed by atoms with van der Waals surface area (Å²) in [5.74, 6) is 0.0316. The number of amides is 1. The Morgan fingerprint density at radius 1 is 1.15 bits per heavy atom. The van der Waals surface area contributed by atoms with Crippen LogP contribution in [-0.4, -0.2) is 12.5 Å². The molecule has 0 aromatic heterocycles. The van der Waals surface area contributed by atoms with Gasteiger partial charge in [0.15, 0.2) is 11.5 Å². The van der Waals surface area contributed by atoms with E-state index in [9.17, 15) is 14.4 Å². The maximum Gasteiger partial charge on any atom is 0.266 e. The minimum absolute atomic E-state index is 0.0562. The van der Waals surface area contributed by atoms with E-state index in [4.69, 9.17) is 9.47 Å². The maximum absolute atomic E-state index is 13.4. The van der Waals surface area contributed by atoms with E-state index in [1.807, 2.05) is 38.1 Å². The molecule has 0 unspecified atom stereocenters. The summed E-state index contributed by atoms with van der Waals surface area (Å²) in [6.07, 6.45) is 1.48. The molecular weight excluding hydrogens is 487 g/mol. The van der Waals surface area contributed by atoms with E-state index in [0.717, 1.165) is 5.56 Å². The molecule has 0 aliphatic rings. The van der Waals surface area contributed by atoms with Crippen LogP contribution in [0, 0.1) is 24.1 Å². The monoisotopic (exact) mass is 508 g/mol. The molecule has 1 amide bonds. The Morgan fingerprint density at radius 3 is 2.64 bits per heavy atom. The van der Waals surface area contributed by atoms with Gasteiger partial charge in [-0.3, -0.25) is 4.79 Å². The number of carbonyl (C=O) groups is 1. The van der Waals surface area contributed by atoms with Gasteiger partial charge in [-0.1, -0.05) is 24.3 Å². The van der Waals surface area contributed by atoms with E-state index in [-0.39, 0.29) is 18.0 Å². The number of nitriles is 1. The summed E-state index contributed by atoms with van der Waals surface area (Å²) in [6, 6.07) is 18.8. The normalized spacial score (nSPS) is 10.9. The molecule has 3 aromatic carbocycles. The number of halogens is 2. The first-order chi connectivity index (χ1) is 15.9. The molecule has 7 heteroatoms. The van der Waals surface area contributed by atoms with Crippen LogP contribution >= 0.6 is 15.9 Å². The number of carbonyl (C=O) groups excluding carboxylic acids is 1. The van der Waals surface area contributed by atoms with Crippen molar-refractivity contribution in [1.29, 1.82) is 5.26 Å². The number of benzene rings is 3. The number of rotatable bonds is 8. The number of hydrogen-bond donors (Lipinski definition) is 1. The van der Waals surface area contributed by atoms with Crippen molar-refractivity contribution in [3.8, 4) is 17.6 Å². The predicted molar refractivity (Wildman–Crippen MR) is 129 cm³/mol. The van der Waals surface area contributed by atoms with Crippen LogP contribution < -0.4 is 14.8 Å². The molecule has 0 saturated carbocycles. The summed E-state index contributed by atoms with van der Waals surface area (Å²) in [5.41, 5.74) is 2.81. The SMILES string of the molecule is CCOc1cc(/C=C(\C#N)C(=O)Nc2cccc(C)c2)cc(Br)c1OCc1cccc(F)c1. The van der Waals surface area contributed by atoms with Gasteiger partial charge in [-0.15, -0.1) is 0 Å². The highest BCUT2D eigenvalue weighted by Crippen LogP contribution is 2.38. The van der Waals surface area contributed by atoms with E-state index in [1.165, 1.54) is 18.2 Å². The van der Waals surface area contributed by atoms with Gasteiger partial charge in [-0.2, -0.15) is 5.26 Å². The summed E-state index contributed by atoms with van der Waals surface area (Å²) >= 11 is 3.47. The van der Waals surface area contributed by atoms with Crippen LogP contribution in [0.3, 0.4) is 0 Å². The molecule has 3 aromatic rings. The van der Waals surface area contributed by atoms with E-state index >= 15 is 0 Å². The Hall–Kier alpha value is -3.63. The average Bonchev–Trinajstić information content (AvgIpc) is 2.77. The molecule has 5 nitrogen and oxygen atoms in total. The molecule has 1 N–H and O–H groups in total. The lowest BCUT2D eigenvalue weighted by Gasteiger charge is -2.15. The molecule has 0 fully saturated rings. The topological polar surface area (TPSA) is 71.3 Å². The second-order valence-corrected chi connectivity index (χ2v) is 8.03. The first-order valence-corrected chi connectivity index (χ1v) is 11.0. The fraction of sp³-hybridized carbons (Fsp3) is 0.154. The van der Waals surface area contributed by atoms with Gasteiger partial charge in [0.1, 0.15) is 24.1 Å². The van der Waals surface area contributed by atoms with E-state index in [0.29, 0.717) is 39.4 Å². The molecular formula is C26H22BrFN2O3. The number of nitrogens with one attached hydrogen (secondary N) is 1. The summed E-state index contributed by atoms with van der Waals surface area (Å²) in [5, 5.41) is 12.3. The molecule has 0 atom stereocenters. The van der Waals surface area contributed by atoms with Crippen molar-refractivity contribution in [1.82, 2.24) is 0 Å². The molecule has 0 saturated heterocycles. The second-order valence-electron chi connectivity index (χ2n) is 7.18. The number of ether oxygens (including phenoxy) is 2. The van der Waals surface area contributed by atoms with Crippen LogP contribution in [0.2, 0.25) is 0 Å². The van der Waals surface area contributed by atoms with Gasteiger partial charge in [-0.25, -0.2) is 4.39 Å². The van der Waals surface area contributed by atoms with Crippen LogP contribution in [0.5, 0.6) is 11.5 Å². The highest BCUT2D eigenvalue weighted by atomic mass is 79.9. The minimum atomic E-state index is -0.511. The van der Waals surface area contributed by atoms with Crippen LogP contribution in [0.4, 0.5) is 10.1 Å². The highest BCUT2D eigenvalue weighted by Gasteiger charge is 2.15. The Labute approximate surface area is 200 Å². The van der Waals surface area contributed by atoms with Crippen molar-refractivity contribution < 1.29 is 18.7 Å². The van der Waals surface area contributed by atoms with Crippen LogP contribution in [-0.2, 0) is 11.4 Å². The Kier molecular flexibility index (Phi) is 8.22. The zero-order valence-electron chi connectivity index (χ0n) is 18.2. The highest BCUT2D eigenvalue weighted by molar-refractivity contribution is 9.10. The fourth-order valence-corrected chi connectivity index (χ4v) is 3.67. The van der Waals surface area contributed by atoms with Gasteiger partial charge in [0, 0.05) is 5.69 Å². The number of hydrogen-bond acceptors (Lipinski definition) is 4. The van der Waals surface area contributed by atoms with Crippen LogP contribution in [0.25, 0.3) is 6.08 Å². The fourth-order valence-electron chi connectivity index (χ4n) is 3.09. The predicted octanol–water partition coefficient (Wildman–Crippen LogP) is 6.42. The van der Waals surface area contributed by atoms with Crippen molar-refractivity contribution in [2.24, 2.45) is 0 Å². The van der Waals surface area contributed by atoms with Crippen molar-refractivity contribution in [2.45, 2.75) is 20.5 Å². The van der Waals surface area contributed by atoms with Gasteiger partial charge in [-0.05, 0) is 88.9 Å². The zero-order chi connectivity index (χ0) is 23.8. The van der Waals surface area contributed by atoms with Crippen LogP contribution in [0.15, 0.2) is 70.7 Å². The molecule has 0 heterocycles. The van der Waals surface area contributed by atoms with Gasteiger partial charge < -0.3 is 14.8 Å². The van der Waals surface area contributed by atoms with Crippen molar-refractivity contribution >= 4 is 33.6 Å². The maximum atomic E-state index is 13.4. The smallest absolute Gasteiger partial charge is 0.266 e. The third-order valence-electron chi connectivity index (χ3n) is 4.56. The summed E-state index contributed by atoms with van der Waals surface area (Å²) < 4.78 is 25.6. The van der Waals surface area contributed by atoms with Crippen molar-refractivity contribution in [3.63, 3.8) is 0 Å². The largest absolute Gasteiger partial charge is 0.490 e.